The average Bonchev–Trinajstić information content (AvgIpc) is 2.18. The number of aromatic nitrogens is 1. The van der Waals surface area contributed by atoms with Gasteiger partial charge in [-0.1, -0.05) is 0 Å². The summed E-state index contributed by atoms with van der Waals surface area (Å²) in [6, 6.07) is 5.32. The monoisotopic (exact) mass is 198 g/mol. The number of carbonyl (C=O) groups is 1. The van der Waals surface area contributed by atoms with Crippen molar-refractivity contribution in [2.45, 2.75) is 6.92 Å². The second-order valence-corrected chi connectivity index (χ2v) is 2.73. The standard InChI is InChI=1S/C9H11NO2S/c1-2-12-10-6-4-3-5-8(10)9(11)7-13/h3-6H,2,7H2,1H3/p+1. The maximum absolute atomic E-state index is 11.3. The van der Waals surface area contributed by atoms with Crippen molar-refractivity contribution in [1.82, 2.24) is 0 Å². The molecule has 1 aromatic rings. The molecule has 0 spiro atoms. The zero-order valence-corrected chi connectivity index (χ0v) is 8.33. The van der Waals surface area contributed by atoms with Crippen LogP contribution in [0, 0.1) is 0 Å². The first-order valence-corrected chi connectivity index (χ1v) is 4.71. The van der Waals surface area contributed by atoms with E-state index < -0.39 is 0 Å². The van der Waals surface area contributed by atoms with Crippen molar-refractivity contribution in [1.29, 1.82) is 0 Å². The fourth-order valence-electron chi connectivity index (χ4n) is 0.977. The van der Waals surface area contributed by atoms with Gasteiger partial charge in [0.15, 0.2) is 6.61 Å². The van der Waals surface area contributed by atoms with E-state index in [1.165, 1.54) is 4.73 Å². The zero-order chi connectivity index (χ0) is 9.68. The molecular weight excluding hydrogens is 186 g/mol. The SMILES string of the molecule is CCO[n+]1ccccc1C(=O)CS. The number of rotatable bonds is 4. The number of hydrogen-bond donors (Lipinski definition) is 1. The molecular formula is C9H12NO2S+. The van der Waals surface area contributed by atoms with E-state index in [-0.39, 0.29) is 11.5 Å². The number of pyridine rings is 1. The molecule has 0 fully saturated rings. The third kappa shape index (κ3) is 2.45. The molecule has 0 N–H and O–H groups in total. The second kappa shape index (κ2) is 4.87. The second-order valence-electron chi connectivity index (χ2n) is 2.41. The molecule has 0 saturated heterocycles. The summed E-state index contributed by atoms with van der Waals surface area (Å²) in [5.74, 6) is 0.147. The first kappa shape index (κ1) is 10.1. The molecule has 0 atom stereocenters. The molecule has 1 aromatic heterocycles. The van der Waals surface area contributed by atoms with Gasteiger partial charge in [0.05, 0.1) is 5.75 Å². The number of carbonyl (C=O) groups excluding carboxylic acids is 1. The van der Waals surface area contributed by atoms with Crippen LogP contribution < -0.4 is 9.57 Å². The Labute approximate surface area is 82.7 Å². The minimum absolute atomic E-state index is 0.0441. The zero-order valence-electron chi connectivity index (χ0n) is 7.43. The van der Waals surface area contributed by atoms with E-state index in [0.29, 0.717) is 12.3 Å². The van der Waals surface area contributed by atoms with E-state index >= 15 is 0 Å². The minimum atomic E-state index is -0.0441. The quantitative estimate of drug-likeness (QED) is 0.435. The number of hydrogen-bond acceptors (Lipinski definition) is 3. The molecule has 13 heavy (non-hydrogen) atoms. The van der Waals surface area contributed by atoms with Crippen molar-refractivity contribution in [3.05, 3.63) is 30.1 Å². The molecule has 0 radical (unpaired) electrons. The minimum Gasteiger partial charge on any atom is -0.286 e. The van der Waals surface area contributed by atoms with Crippen LogP contribution in [0.1, 0.15) is 17.4 Å². The molecule has 0 aliphatic carbocycles. The summed E-state index contributed by atoms with van der Waals surface area (Å²) in [4.78, 5) is 16.6. The Balaban J connectivity index is 2.97. The lowest BCUT2D eigenvalue weighted by molar-refractivity contribution is -0.891. The van der Waals surface area contributed by atoms with Gasteiger partial charge in [-0.15, -0.1) is 0 Å². The van der Waals surface area contributed by atoms with Crippen molar-refractivity contribution in [2.75, 3.05) is 12.4 Å². The van der Waals surface area contributed by atoms with Crippen molar-refractivity contribution in [3.8, 4) is 0 Å². The van der Waals surface area contributed by atoms with Crippen molar-refractivity contribution in [2.24, 2.45) is 0 Å². The Kier molecular flexibility index (Phi) is 3.76. The topological polar surface area (TPSA) is 30.2 Å². The van der Waals surface area contributed by atoms with E-state index in [1.807, 2.05) is 13.0 Å². The highest BCUT2D eigenvalue weighted by molar-refractivity contribution is 7.81. The van der Waals surface area contributed by atoms with Crippen LogP contribution in [0.5, 0.6) is 0 Å². The summed E-state index contributed by atoms with van der Waals surface area (Å²) >= 11 is 3.92. The molecule has 0 aliphatic heterocycles. The number of Topliss-reactive ketones (excluding diaryl/α,β-unsaturated/α-hetero) is 1. The van der Waals surface area contributed by atoms with Gasteiger partial charge in [0.1, 0.15) is 0 Å². The third-order valence-electron chi connectivity index (χ3n) is 1.52. The molecule has 0 aromatic carbocycles. The van der Waals surface area contributed by atoms with Gasteiger partial charge in [0.25, 0.3) is 0 Å². The predicted octanol–water partition coefficient (Wildman–Crippen LogP) is 0.535. The van der Waals surface area contributed by atoms with Crippen LogP contribution >= 0.6 is 12.6 Å². The van der Waals surface area contributed by atoms with Crippen LogP contribution in [0.2, 0.25) is 0 Å². The Bertz CT molecular complexity index is 301. The van der Waals surface area contributed by atoms with Crippen LogP contribution in [0.25, 0.3) is 0 Å². The molecule has 70 valence electrons. The highest BCUT2D eigenvalue weighted by Gasteiger charge is 2.18. The first-order valence-electron chi connectivity index (χ1n) is 4.07. The lowest BCUT2D eigenvalue weighted by Gasteiger charge is -1.98. The summed E-state index contributed by atoms with van der Waals surface area (Å²) in [5.41, 5.74) is 0.527. The van der Waals surface area contributed by atoms with E-state index in [0.717, 1.165) is 0 Å². The maximum Gasteiger partial charge on any atom is 0.300 e. The third-order valence-corrected chi connectivity index (χ3v) is 1.81. The molecule has 0 bridgehead atoms. The van der Waals surface area contributed by atoms with E-state index in [4.69, 9.17) is 4.84 Å². The van der Waals surface area contributed by atoms with Crippen LogP contribution in [-0.4, -0.2) is 18.1 Å². The van der Waals surface area contributed by atoms with Gasteiger partial charge in [0.2, 0.25) is 12.0 Å². The fourth-order valence-corrected chi connectivity index (χ4v) is 1.14. The van der Waals surface area contributed by atoms with E-state index in [2.05, 4.69) is 12.6 Å². The number of ketones is 1. The summed E-state index contributed by atoms with van der Waals surface area (Å²) in [6.07, 6.45) is 1.71. The highest BCUT2D eigenvalue weighted by Crippen LogP contribution is 1.94. The van der Waals surface area contributed by atoms with Crippen LogP contribution in [-0.2, 0) is 0 Å². The largest absolute Gasteiger partial charge is 0.300 e. The van der Waals surface area contributed by atoms with Gasteiger partial charge in [-0.3, -0.25) is 9.63 Å². The predicted molar refractivity (Wildman–Crippen MR) is 51.9 cm³/mol. The van der Waals surface area contributed by atoms with Crippen LogP contribution in [0.15, 0.2) is 24.4 Å². The average molecular weight is 198 g/mol. The highest BCUT2D eigenvalue weighted by atomic mass is 32.1. The molecule has 1 heterocycles. The molecule has 3 nitrogen and oxygen atoms in total. The molecule has 0 amide bonds. The van der Waals surface area contributed by atoms with E-state index in [1.54, 1.807) is 18.3 Å². The molecule has 4 heteroatoms. The summed E-state index contributed by atoms with van der Waals surface area (Å²) in [7, 11) is 0. The van der Waals surface area contributed by atoms with Crippen molar-refractivity contribution < 1.29 is 14.4 Å². The van der Waals surface area contributed by atoms with Gasteiger partial charge in [0, 0.05) is 16.9 Å². The molecule has 0 aliphatic rings. The lowest BCUT2D eigenvalue weighted by atomic mass is 10.3. The van der Waals surface area contributed by atoms with Gasteiger partial charge in [-0.05, 0) is 13.0 Å². The van der Waals surface area contributed by atoms with E-state index in [9.17, 15) is 4.79 Å². The van der Waals surface area contributed by atoms with Crippen molar-refractivity contribution in [3.63, 3.8) is 0 Å². The summed E-state index contributed by atoms with van der Waals surface area (Å²) in [5, 5.41) is 0. The normalized spacial score (nSPS) is 9.69. The van der Waals surface area contributed by atoms with Crippen molar-refractivity contribution >= 4 is 18.4 Å². The fraction of sp³-hybridized carbons (Fsp3) is 0.333. The smallest absolute Gasteiger partial charge is 0.286 e. The Hall–Kier alpha value is -1.03. The van der Waals surface area contributed by atoms with Crippen LogP contribution in [0.3, 0.4) is 0 Å². The Morgan fingerprint density at radius 2 is 2.38 bits per heavy atom. The summed E-state index contributed by atoms with van der Waals surface area (Å²) in [6.45, 7) is 2.40. The number of nitrogens with zero attached hydrogens (tertiary/aromatic N) is 1. The molecule has 1 rings (SSSR count). The Morgan fingerprint density at radius 3 is 3.00 bits per heavy atom. The first-order chi connectivity index (χ1) is 6.29. The van der Waals surface area contributed by atoms with Gasteiger partial charge in [-0.25, -0.2) is 0 Å². The van der Waals surface area contributed by atoms with Gasteiger partial charge >= 0.3 is 5.69 Å². The van der Waals surface area contributed by atoms with Gasteiger partial charge < -0.3 is 0 Å². The summed E-state index contributed by atoms with van der Waals surface area (Å²) < 4.78 is 1.47. The molecule has 0 unspecified atom stereocenters. The Morgan fingerprint density at radius 1 is 1.62 bits per heavy atom. The maximum atomic E-state index is 11.3. The molecule has 0 saturated carbocycles. The lowest BCUT2D eigenvalue weighted by Crippen LogP contribution is -2.47. The van der Waals surface area contributed by atoms with Crippen LogP contribution in [0.4, 0.5) is 0 Å². The number of thiol groups is 1. The van der Waals surface area contributed by atoms with Gasteiger partial charge in [-0.2, -0.15) is 12.6 Å².